The van der Waals surface area contributed by atoms with Crippen molar-refractivity contribution >= 4 is 16.7 Å². The van der Waals surface area contributed by atoms with Crippen molar-refractivity contribution in [2.24, 2.45) is 5.10 Å². The fraction of sp³-hybridized carbons (Fsp3) is 0.160. The van der Waals surface area contributed by atoms with Gasteiger partial charge in [-0.15, -0.1) is 13.2 Å². The average Bonchev–Trinajstić information content (AvgIpc) is 3.19. The van der Waals surface area contributed by atoms with Gasteiger partial charge < -0.3 is 4.74 Å². The van der Waals surface area contributed by atoms with Gasteiger partial charge in [-0.1, -0.05) is 42.5 Å². The van der Waals surface area contributed by atoms with E-state index in [2.05, 4.69) is 20.8 Å². The van der Waals surface area contributed by atoms with E-state index in [0.717, 1.165) is 39.9 Å². The number of nitrogens with zero attached hydrogens (tertiary/aromatic N) is 4. The number of halogens is 3. The van der Waals surface area contributed by atoms with Crippen LogP contribution in [0, 0.1) is 0 Å². The number of benzene rings is 3. The zero-order chi connectivity index (χ0) is 23.0. The molecule has 1 aliphatic heterocycles. The first-order chi connectivity index (χ1) is 15.9. The Morgan fingerprint density at radius 3 is 2.33 bits per heavy atom. The normalized spacial score (nSPS) is 16.2. The van der Waals surface area contributed by atoms with E-state index in [4.69, 9.17) is 5.10 Å². The Bertz CT molecular complexity index is 1340. The maximum atomic E-state index is 12.5. The molecular formula is C25H19F3N4O. The molecule has 5 rings (SSSR count). The van der Waals surface area contributed by atoms with Crippen molar-refractivity contribution in [2.75, 3.05) is 7.05 Å². The van der Waals surface area contributed by atoms with E-state index in [0.29, 0.717) is 5.56 Å². The van der Waals surface area contributed by atoms with E-state index >= 15 is 0 Å². The fourth-order valence-corrected chi connectivity index (χ4v) is 4.04. The lowest BCUT2D eigenvalue weighted by molar-refractivity contribution is -0.274. The molecule has 0 amide bonds. The lowest BCUT2D eigenvalue weighted by atomic mass is 9.96. The highest BCUT2D eigenvalue weighted by Gasteiger charge is 2.31. The fourth-order valence-electron chi connectivity index (χ4n) is 4.04. The Kier molecular flexibility index (Phi) is 5.20. The number of hydrogen-bond acceptors (Lipinski definition) is 5. The predicted molar refractivity (Wildman–Crippen MR) is 120 cm³/mol. The van der Waals surface area contributed by atoms with Crippen molar-refractivity contribution in [3.8, 4) is 16.9 Å². The Morgan fingerprint density at radius 1 is 0.848 bits per heavy atom. The molecule has 0 saturated heterocycles. The third kappa shape index (κ3) is 4.50. The lowest BCUT2D eigenvalue weighted by Gasteiger charge is -2.19. The summed E-state index contributed by atoms with van der Waals surface area (Å²) in [5, 5.41) is 6.67. The smallest absolute Gasteiger partial charge is 0.406 e. The van der Waals surface area contributed by atoms with E-state index < -0.39 is 6.36 Å². The maximum Gasteiger partial charge on any atom is 0.573 e. The quantitative estimate of drug-likeness (QED) is 0.386. The molecular weight excluding hydrogens is 429 g/mol. The number of hydrazone groups is 1. The van der Waals surface area contributed by atoms with Crippen LogP contribution in [0.15, 0.2) is 84.2 Å². The van der Waals surface area contributed by atoms with Crippen molar-refractivity contribution in [1.29, 1.82) is 0 Å². The summed E-state index contributed by atoms with van der Waals surface area (Å²) in [4.78, 5) is 8.71. The molecule has 1 atom stereocenters. The van der Waals surface area contributed by atoms with Gasteiger partial charge in [0.25, 0.3) is 0 Å². The summed E-state index contributed by atoms with van der Waals surface area (Å²) in [7, 11) is 1.94. The van der Waals surface area contributed by atoms with Gasteiger partial charge in [0.15, 0.2) is 0 Å². The molecule has 0 N–H and O–H groups in total. The van der Waals surface area contributed by atoms with Crippen LogP contribution in [-0.2, 0) is 0 Å². The molecule has 3 aromatic carbocycles. The molecule has 33 heavy (non-hydrogen) atoms. The summed E-state index contributed by atoms with van der Waals surface area (Å²) < 4.78 is 41.6. The molecule has 166 valence electrons. The van der Waals surface area contributed by atoms with Crippen LogP contribution in [0.4, 0.5) is 13.2 Å². The van der Waals surface area contributed by atoms with Crippen molar-refractivity contribution in [2.45, 2.75) is 18.8 Å². The van der Waals surface area contributed by atoms with Gasteiger partial charge >= 0.3 is 6.36 Å². The average molecular weight is 448 g/mol. The maximum absolute atomic E-state index is 12.5. The van der Waals surface area contributed by atoms with Crippen LogP contribution in [0.1, 0.15) is 23.6 Å². The molecule has 8 heteroatoms. The molecule has 0 aliphatic carbocycles. The van der Waals surface area contributed by atoms with Gasteiger partial charge in [0.2, 0.25) is 0 Å². The first-order valence-electron chi connectivity index (χ1n) is 10.3. The van der Waals surface area contributed by atoms with Crippen LogP contribution in [0.3, 0.4) is 0 Å². The summed E-state index contributed by atoms with van der Waals surface area (Å²) in [5.41, 5.74) is 6.16. The molecule has 0 bridgehead atoms. The van der Waals surface area contributed by atoms with Crippen LogP contribution in [0.2, 0.25) is 0 Å². The zero-order valence-corrected chi connectivity index (χ0v) is 17.6. The van der Waals surface area contributed by atoms with Crippen LogP contribution >= 0.6 is 0 Å². The van der Waals surface area contributed by atoms with Crippen LogP contribution in [-0.4, -0.2) is 34.1 Å². The first kappa shape index (κ1) is 20.9. The summed E-state index contributed by atoms with van der Waals surface area (Å²) in [6, 6.07) is 19.7. The minimum absolute atomic E-state index is 0.0854. The van der Waals surface area contributed by atoms with Gasteiger partial charge in [0.05, 0.1) is 22.8 Å². The second-order valence-corrected chi connectivity index (χ2v) is 7.80. The number of fused-ring (bicyclic) bond motifs is 1. The standard InChI is InChI=1S/C25H19F3N4O/c1-32-24(19-9-10-21-23(14-19)30-12-11-29-21)15-22(31-32)17-7-5-16(6-8-17)18-3-2-4-20(13-18)33-25(26,27)28/h2-14,24H,15H2,1H3. The van der Waals surface area contributed by atoms with Gasteiger partial charge in [-0.3, -0.25) is 15.0 Å². The third-order valence-corrected chi connectivity index (χ3v) is 5.61. The van der Waals surface area contributed by atoms with Crippen molar-refractivity contribution < 1.29 is 17.9 Å². The topological polar surface area (TPSA) is 50.6 Å². The summed E-state index contributed by atoms with van der Waals surface area (Å²) in [5.74, 6) is -0.242. The molecule has 2 heterocycles. The Morgan fingerprint density at radius 2 is 1.58 bits per heavy atom. The van der Waals surface area contributed by atoms with Crippen LogP contribution in [0.25, 0.3) is 22.2 Å². The SMILES string of the molecule is CN1N=C(c2ccc(-c3cccc(OC(F)(F)F)c3)cc2)CC1c1ccc2nccnc2c1. The molecule has 1 aliphatic rings. The highest BCUT2D eigenvalue weighted by atomic mass is 19.4. The number of alkyl halides is 3. The number of ether oxygens (including phenoxy) is 1. The third-order valence-electron chi connectivity index (χ3n) is 5.61. The van der Waals surface area contributed by atoms with E-state index in [1.54, 1.807) is 24.5 Å². The second-order valence-electron chi connectivity index (χ2n) is 7.80. The van der Waals surface area contributed by atoms with E-state index in [1.165, 1.54) is 12.1 Å². The van der Waals surface area contributed by atoms with E-state index in [1.807, 2.05) is 48.5 Å². The van der Waals surface area contributed by atoms with Gasteiger partial charge in [-0.25, -0.2) is 0 Å². The Labute approximate surface area is 188 Å². The van der Waals surface area contributed by atoms with Crippen LogP contribution < -0.4 is 4.74 Å². The van der Waals surface area contributed by atoms with E-state index in [-0.39, 0.29) is 11.8 Å². The Hall–Kier alpha value is -3.94. The number of rotatable bonds is 4. The molecule has 0 saturated carbocycles. The molecule has 0 fully saturated rings. The zero-order valence-electron chi connectivity index (χ0n) is 17.6. The minimum Gasteiger partial charge on any atom is -0.406 e. The van der Waals surface area contributed by atoms with Crippen molar-refractivity contribution in [3.63, 3.8) is 0 Å². The van der Waals surface area contributed by atoms with Crippen LogP contribution in [0.5, 0.6) is 5.75 Å². The first-order valence-corrected chi connectivity index (χ1v) is 10.3. The van der Waals surface area contributed by atoms with Gasteiger partial charge in [-0.2, -0.15) is 5.10 Å². The largest absolute Gasteiger partial charge is 0.573 e. The second kappa shape index (κ2) is 8.20. The monoisotopic (exact) mass is 448 g/mol. The van der Waals surface area contributed by atoms with E-state index in [9.17, 15) is 13.2 Å². The van der Waals surface area contributed by atoms with Gasteiger partial charge in [0.1, 0.15) is 5.75 Å². The molecule has 5 nitrogen and oxygen atoms in total. The highest BCUT2D eigenvalue weighted by molar-refractivity contribution is 6.02. The van der Waals surface area contributed by atoms with Crippen molar-refractivity contribution in [1.82, 2.24) is 15.0 Å². The highest BCUT2D eigenvalue weighted by Crippen LogP contribution is 2.33. The summed E-state index contributed by atoms with van der Waals surface area (Å²) in [6.45, 7) is 0. The molecule has 0 radical (unpaired) electrons. The summed E-state index contributed by atoms with van der Waals surface area (Å²) >= 11 is 0. The number of hydrogen-bond donors (Lipinski definition) is 0. The van der Waals surface area contributed by atoms with Gasteiger partial charge in [-0.05, 0) is 46.5 Å². The predicted octanol–water partition coefficient (Wildman–Crippen LogP) is 5.98. The van der Waals surface area contributed by atoms with Gasteiger partial charge in [0, 0.05) is 25.9 Å². The molecule has 1 aromatic heterocycles. The Balaban J connectivity index is 1.34. The summed E-state index contributed by atoms with van der Waals surface area (Å²) in [6.07, 6.45) is -0.632. The molecule has 4 aromatic rings. The van der Waals surface area contributed by atoms with Crippen molar-refractivity contribution in [3.05, 3.63) is 90.3 Å². The number of aromatic nitrogens is 2. The minimum atomic E-state index is -4.72. The molecule has 0 spiro atoms. The lowest BCUT2D eigenvalue weighted by Crippen LogP contribution is -2.17. The molecule has 1 unspecified atom stereocenters.